The van der Waals surface area contributed by atoms with E-state index in [1.54, 1.807) is 12.4 Å². The summed E-state index contributed by atoms with van der Waals surface area (Å²) in [4.78, 5) is 8.46. The fourth-order valence-corrected chi connectivity index (χ4v) is 2.04. The van der Waals surface area contributed by atoms with Gasteiger partial charge in [-0.05, 0) is 36.8 Å². The number of hydrogen-bond donors (Lipinski definition) is 0. The lowest BCUT2D eigenvalue weighted by Crippen LogP contribution is -1.97. The van der Waals surface area contributed by atoms with Crippen LogP contribution in [0.5, 0.6) is 5.75 Å². The number of unbranched alkanes of at least 4 members (excludes halogenated alkanes) is 4. The summed E-state index contributed by atoms with van der Waals surface area (Å²) in [6.45, 7) is 3.03. The first kappa shape index (κ1) is 14.5. The summed E-state index contributed by atoms with van der Waals surface area (Å²) >= 11 is 0. The first-order valence-electron chi connectivity index (χ1n) is 7.40. The molecule has 0 radical (unpaired) electrons. The van der Waals surface area contributed by atoms with Crippen LogP contribution in [-0.2, 0) is 0 Å². The van der Waals surface area contributed by atoms with Crippen LogP contribution in [0.25, 0.3) is 11.4 Å². The number of benzene rings is 1. The highest BCUT2D eigenvalue weighted by Gasteiger charge is 2.00. The van der Waals surface area contributed by atoms with Gasteiger partial charge >= 0.3 is 0 Å². The van der Waals surface area contributed by atoms with E-state index < -0.39 is 0 Å². The van der Waals surface area contributed by atoms with Gasteiger partial charge in [-0.2, -0.15) is 0 Å². The molecule has 0 aliphatic carbocycles. The standard InChI is InChI=1S/C17H22N2O/c1-2-3-4-5-6-14-20-16-10-8-15(9-11-16)17-18-12-7-13-19-17/h7-13H,2-6,14H2,1H3. The van der Waals surface area contributed by atoms with Gasteiger partial charge in [0.1, 0.15) is 5.75 Å². The number of rotatable bonds is 8. The van der Waals surface area contributed by atoms with Gasteiger partial charge < -0.3 is 4.74 Å². The molecule has 3 nitrogen and oxygen atoms in total. The van der Waals surface area contributed by atoms with Crippen molar-refractivity contribution in [3.8, 4) is 17.1 Å². The third-order valence-corrected chi connectivity index (χ3v) is 3.19. The molecule has 2 rings (SSSR count). The highest BCUT2D eigenvalue weighted by atomic mass is 16.5. The predicted molar refractivity (Wildman–Crippen MR) is 81.7 cm³/mol. The van der Waals surface area contributed by atoms with Crippen LogP contribution in [0.4, 0.5) is 0 Å². The molecular weight excluding hydrogens is 248 g/mol. The molecule has 2 aromatic rings. The molecule has 106 valence electrons. The van der Waals surface area contributed by atoms with Gasteiger partial charge in [0.05, 0.1) is 6.61 Å². The van der Waals surface area contributed by atoms with Crippen LogP contribution in [0.15, 0.2) is 42.7 Å². The molecule has 0 N–H and O–H groups in total. The Morgan fingerprint density at radius 2 is 1.60 bits per heavy atom. The van der Waals surface area contributed by atoms with Gasteiger partial charge in [-0.15, -0.1) is 0 Å². The zero-order chi connectivity index (χ0) is 14.0. The summed E-state index contributed by atoms with van der Waals surface area (Å²) in [5.41, 5.74) is 1.01. The van der Waals surface area contributed by atoms with Crippen LogP contribution < -0.4 is 4.74 Å². The van der Waals surface area contributed by atoms with Gasteiger partial charge in [0.25, 0.3) is 0 Å². The number of ether oxygens (including phenoxy) is 1. The smallest absolute Gasteiger partial charge is 0.159 e. The largest absolute Gasteiger partial charge is 0.494 e. The van der Waals surface area contributed by atoms with Crippen LogP contribution in [-0.4, -0.2) is 16.6 Å². The molecular formula is C17H22N2O. The maximum atomic E-state index is 5.74. The van der Waals surface area contributed by atoms with E-state index in [0.717, 1.165) is 30.2 Å². The molecule has 0 saturated carbocycles. The maximum Gasteiger partial charge on any atom is 0.159 e. The highest BCUT2D eigenvalue weighted by Crippen LogP contribution is 2.19. The summed E-state index contributed by atoms with van der Waals surface area (Å²) in [5.74, 6) is 1.67. The van der Waals surface area contributed by atoms with Crippen molar-refractivity contribution in [2.45, 2.75) is 39.0 Å². The minimum absolute atomic E-state index is 0.749. The second-order valence-electron chi connectivity index (χ2n) is 4.86. The Bertz CT molecular complexity index is 482. The van der Waals surface area contributed by atoms with Gasteiger partial charge in [-0.1, -0.05) is 32.6 Å². The van der Waals surface area contributed by atoms with Crippen LogP contribution in [0.3, 0.4) is 0 Å². The fourth-order valence-electron chi connectivity index (χ4n) is 2.04. The van der Waals surface area contributed by atoms with Crippen molar-refractivity contribution in [1.29, 1.82) is 0 Å². The van der Waals surface area contributed by atoms with E-state index in [-0.39, 0.29) is 0 Å². The lowest BCUT2D eigenvalue weighted by molar-refractivity contribution is 0.304. The van der Waals surface area contributed by atoms with Gasteiger partial charge in [-0.3, -0.25) is 0 Å². The molecule has 0 amide bonds. The summed E-state index contributed by atoms with van der Waals surface area (Å²) in [6, 6.07) is 9.79. The molecule has 3 heteroatoms. The van der Waals surface area contributed by atoms with Gasteiger partial charge in [0.2, 0.25) is 0 Å². The fraction of sp³-hybridized carbons (Fsp3) is 0.412. The third-order valence-electron chi connectivity index (χ3n) is 3.19. The van der Waals surface area contributed by atoms with Crippen molar-refractivity contribution in [2.24, 2.45) is 0 Å². The Morgan fingerprint density at radius 3 is 2.30 bits per heavy atom. The minimum atomic E-state index is 0.749. The highest BCUT2D eigenvalue weighted by molar-refractivity contribution is 5.55. The minimum Gasteiger partial charge on any atom is -0.494 e. The lowest BCUT2D eigenvalue weighted by Gasteiger charge is -2.06. The molecule has 0 saturated heterocycles. The summed E-state index contributed by atoms with van der Waals surface area (Å²) in [5, 5.41) is 0. The SMILES string of the molecule is CCCCCCCOc1ccc(-c2ncccn2)cc1. The van der Waals surface area contributed by atoms with Crippen molar-refractivity contribution in [2.75, 3.05) is 6.61 Å². The summed E-state index contributed by atoms with van der Waals surface area (Å²) < 4.78 is 5.74. The number of hydrogen-bond acceptors (Lipinski definition) is 3. The first-order valence-corrected chi connectivity index (χ1v) is 7.40. The number of nitrogens with zero attached hydrogens (tertiary/aromatic N) is 2. The van der Waals surface area contributed by atoms with E-state index in [4.69, 9.17) is 4.74 Å². The Balaban J connectivity index is 1.77. The molecule has 0 unspecified atom stereocenters. The molecule has 0 bridgehead atoms. The molecule has 0 aliphatic heterocycles. The Kier molecular flexibility index (Phi) is 6.03. The van der Waals surface area contributed by atoms with Crippen molar-refractivity contribution < 1.29 is 4.74 Å². The average Bonchev–Trinajstić information content (AvgIpc) is 2.52. The molecule has 1 aromatic carbocycles. The molecule has 1 heterocycles. The zero-order valence-corrected chi connectivity index (χ0v) is 12.1. The van der Waals surface area contributed by atoms with E-state index in [1.807, 2.05) is 30.3 Å². The van der Waals surface area contributed by atoms with E-state index >= 15 is 0 Å². The number of aromatic nitrogens is 2. The molecule has 0 aliphatic rings. The molecule has 20 heavy (non-hydrogen) atoms. The van der Waals surface area contributed by atoms with Crippen LogP contribution in [0, 0.1) is 0 Å². The Morgan fingerprint density at radius 1 is 0.900 bits per heavy atom. The zero-order valence-electron chi connectivity index (χ0n) is 12.1. The molecule has 0 atom stereocenters. The monoisotopic (exact) mass is 270 g/mol. The van der Waals surface area contributed by atoms with Crippen LogP contribution in [0.2, 0.25) is 0 Å². The van der Waals surface area contributed by atoms with Gasteiger partial charge in [0, 0.05) is 18.0 Å². The topological polar surface area (TPSA) is 35.0 Å². The van der Waals surface area contributed by atoms with E-state index in [2.05, 4.69) is 16.9 Å². The second-order valence-corrected chi connectivity index (χ2v) is 4.86. The molecule has 0 spiro atoms. The van der Waals surface area contributed by atoms with E-state index in [9.17, 15) is 0 Å². The predicted octanol–water partition coefficient (Wildman–Crippen LogP) is 4.49. The Hall–Kier alpha value is -1.90. The normalized spacial score (nSPS) is 10.4. The summed E-state index contributed by atoms with van der Waals surface area (Å²) in [7, 11) is 0. The lowest BCUT2D eigenvalue weighted by atomic mass is 10.2. The van der Waals surface area contributed by atoms with Crippen molar-refractivity contribution in [3.05, 3.63) is 42.7 Å². The van der Waals surface area contributed by atoms with Crippen LogP contribution >= 0.6 is 0 Å². The molecule has 1 aromatic heterocycles. The van der Waals surface area contributed by atoms with Gasteiger partial charge in [-0.25, -0.2) is 9.97 Å². The van der Waals surface area contributed by atoms with E-state index in [1.165, 1.54) is 25.7 Å². The van der Waals surface area contributed by atoms with Gasteiger partial charge in [0.15, 0.2) is 5.82 Å². The quantitative estimate of drug-likeness (QED) is 0.663. The van der Waals surface area contributed by atoms with Crippen LogP contribution in [0.1, 0.15) is 39.0 Å². The maximum absolute atomic E-state index is 5.74. The Labute approximate surface area is 121 Å². The summed E-state index contributed by atoms with van der Waals surface area (Å²) in [6.07, 6.45) is 9.80. The third kappa shape index (κ3) is 4.65. The van der Waals surface area contributed by atoms with Crippen molar-refractivity contribution in [3.63, 3.8) is 0 Å². The van der Waals surface area contributed by atoms with Crippen molar-refractivity contribution in [1.82, 2.24) is 9.97 Å². The van der Waals surface area contributed by atoms with E-state index in [0.29, 0.717) is 0 Å². The first-order chi connectivity index (χ1) is 9.90. The molecule has 0 fully saturated rings. The van der Waals surface area contributed by atoms with Crippen molar-refractivity contribution >= 4 is 0 Å². The second kappa shape index (κ2) is 8.31. The average molecular weight is 270 g/mol.